The fraction of sp³-hybridized carbons (Fsp3) is 0.429. The molecular weight excluding hydrogens is 262 g/mol. The van der Waals surface area contributed by atoms with Gasteiger partial charge >= 0.3 is 5.97 Å². The average Bonchev–Trinajstić information content (AvgIpc) is 2.44. The largest absolute Gasteiger partial charge is 0.467 e. The predicted octanol–water partition coefficient (Wildman–Crippen LogP) is 1.84. The number of thiol groups is 1. The standard InChI is InChI=1S/C14H19NO3S/c1-3-6-10-7-4-5-8-11(10)13(16)15-12(9-19)14(17)18-2/h4-5,7-8,12,19H,3,6,9H2,1-2H3,(H,15,16)/t12-/m1/s1. The highest BCUT2D eigenvalue weighted by Crippen LogP contribution is 2.11. The van der Waals surface area contributed by atoms with E-state index in [-0.39, 0.29) is 11.7 Å². The van der Waals surface area contributed by atoms with Gasteiger partial charge in [0.2, 0.25) is 0 Å². The zero-order chi connectivity index (χ0) is 14.3. The van der Waals surface area contributed by atoms with Crippen LogP contribution in [-0.4, -0.2) is 30.8 Å². The molecular formula is C14H19NO3S. The number of carbonyl (C=O) groups is 2. The second kappa shape index (κ2) is 7.84. The van der Waals surface area contributed by atoms with Crippen molar-refractivity contribution >= 4 is 24.5 Å². The minimum Gasteiger partial charge on any atom is -0.467 e. The minimum atomic E-state index is -0.726. The van der Waals surface area contributed by atoms with Crippen LogP contribution in [0.15, 0.2) is 24.3 Å². The molecule has 1 aromatic carbocycles. The van der Waals surface area contributed by atoms with Crippen molar-refractivity contribution in [3.05, 3.63) is 35.4 Å². The number of nitrogens with one attached hydrogen (secondary N) is 1. The normalized spacial score (nSPS) is 11.7. The van der Waals surface area contributed by atoms with E-state index >= 15 is 0 Å². The van der Waals surface area contributed by atoms with E-state index in [9.17, 15) is 9.59 Å². The van der Waals surface area contributed by atoms with Crippen molar-refractivity contribution in [1.82, 2.24) is 5.32 Å². The van der Waals surface area contributed by atoms with Crippen molar-refractivity contribution in [2.45, 2.75) is 25.8 Å². The van der Waals surface area contributed by atoms with Crippen LogP contribution in [-0.2, 0) is 16.0 Å². The predicted molar refractivity (Wildman–Crippen MR) is 77.6 cm³/mol. The lowest BCUT2D eigenvalue weighted by Gasteiger charge is -2.15. The van der Waals surface area contributed by atoms with Gasteiger partial charge in [-0.15, -0.1) is 0 Å². The van der Waals surface area contributed by atoms with Crippen molar-refractivity contribution in [1.29, 1.82) is 0 Å². The number of hydrogen-bond donors (Lipinski definition) is 2. The average molecular weight is 281 g/mol. The van der Waals surface area contributed by atoms with Crippen LogP contribution < -0.4 is 5.32 Å². The van der Waals surface area contributed by atoms with Crippen LogP contribution in [0.1, 0.15) is 29.3 Å². The minimum absolute atomic E-state index is 0.203. The van der Waals surface area contributed by atoms with Gasteiger partial charge in [0.15, 0.2) is 0 Å². The number of rotatable bonds is 6. The molecule has 5 heteroatoms. The summed E-state index contributed by atoms with van der Waals surface area (Å²) in [4.78, 5) is 23.6. The Bertz CT molecular complexity index is 448. The van der Waals surface area contributed by atoms with Gasteiger partial charge in [0, 0.05) is 11.3 Å². The lowest BCUT2D eigenvalue weighted by Crippen LogP contribution is -2.43. The van der Waals surface area contributed by atoms with Crippen LogP contribution in [0.4, 0.5) is 0 Å². The third-order valence-electron chi connectivity index (χ3n) is 2.75. The van der Waals surface area contributed by atoms with Crippen LogP contribution in [0.3, 0.4) is 0 Å². The van der Waals surface area contributed by atoms with Gasteiger partial charge in [0.25, 0.3) is 5.91 Å². The van der Waals surface area contributed by atoms with Gasteiger partial charge < -0.3 is 10.1 Å². The van der Waals surface area contributed by atoms with E-state index in [1.165, 1.54) is 7.11 Å². The summed E-state index contributed by atoms with van der Waals surface area (Å²) < 4.78 is 4.62. The second-order valence-electron chi connectivity index (χ2n) is 4.14. The molecule has 19 heavy (non-hydrogen) atoms. The Labute approximate surface area is 118 Å². The Morgan fingerprint density at radius 3 is 2.63 bits per heavy atom. The number of aryl methyl sites for hydroxylation is 1. The number of methoxy groups -OCH3 is 1. The van der Waals surface area contributed by atoms with Crippen LogP contribution in [0, 0.1) is 0 Å². The summed E-state index contributed by atoms with van der Waals surface area (Å²) in [6, 6.07) is 6.66. The molecule has 0 heterocycles. The highest BCUT2D eigenvalue weighted by Gasteiger charge is 2.21. The maximum atomic E-state index is 12.2. The molecule has 1 atom stereocenters. The van der Waals surface area contributed by atoms with Crippen LogP contribution >= 0.6 is 12.6 Å². The molecule has 0 spiro atoms. The van der Waals surface area contributed by atoms with Crippen molar-refractivity contribution in [3.63, 3.8) is 0 Å². The third-order valence-corrected chi connectivity index (χ3v) is 3.12. The van der Waals surface area contributed by atoms with Gasteiger partial charge in [0.1, 0.15) is 6.04 Å². The fourth-order valence-corrected chi connectivity index (χ4v) is 2.03. The first-order chi connectivity index (χ1) is 9.13. The van der Waals surface area contributed by atoms with Gasteiger partial charge in [-0.3, -0.25) is 4.79 Å². The fourth-order valence-electron chi connectivity index (χ4n) is 1.79. The molecule has 0 aliphatic rings. The van der Waals surface area contributed by atoms with E-state index in [4.69, 9.17) is 0 Å². The topological polar surface area (TPSA) is 55.4 Å². The monoisotopic (exact) mass is 281 g/mol. The third kappa shape index (κ3) is 4.28. The molecule has 0 radical (unpaired) electrons. The Kier molecular flexibility index (Phi) is 6.42. The summed E-state index contributed by atoms with van der Waals surface area (Å²) in [5.74, 6) is -0.557. The molecule has 0 fully saturated rings. The Hall–Kier alpha value is -1.49. The number of ether oxygens (including phenoxy) is 1. The van der Waals surface area contributed by atoms with E-state index in [0.717, 1.165) is 18.4 Å². The van der Waals surface area contributed by atoms with Crippen LogP contribution in [0.2, 0.25) is 0 Å². The molecule has 0 aliphatic carbocycles. The summed E-state index contributed by atoms with van der Waals surface area (Å²) in [5.41, 5.74) is 1.57. The molecule has 0 aromatic heterocycles. The smallest absolute Gasteiger partial charge is 0.329 e. The number of benzene rings is 1. The lowest BCUT2D eigenvalue weighted by molar-refractivity contribution is -0.142. The maximum Gasteiger partial charge on any atom is 0.329 e. The summed E-state index contributed by atoms with van der Waals surface area (Å²) in [6.07, 6.45) is 1.78. The summed E-state index contributed by atoms with van der Waals surface area (Å²) in [6.45, 7) is 2.06. The zero-order valence-electron chi connectivity index (χ0n) is 11.2. The number of carbonyl (C=O) groups excluding carboxylic acids is 2. The molecule has 0 saturated carbocycles. The van der Waals surface area contributed by atoms with E-state index < -0.39 is 12.0 Å². The highest BCUT2D eigenvalue weighted by atomic mass is 32.1. The van der Waals surface area contributed by atoms with Crippen molar-refractivity contribution in [2.24, 2.45) is 0 Å². The van der Waals surface area contributed by atoms with Crippen molar-refractivity contribution in [2.75, 3.05) is 12.9 Å². The number of hydrogen-bond acceptors (Lipinski definition) is 4. The number of esters is 1. The molecule has 0 unspecified atom stereocenters. The Balaban J connectivity index is 2.85. The first kappa shape index (κ1) is 15.6. The van der Waals surface area contributed by atoms with Crippen LogP contribution in [0.25, 0.3) is 0 Å². The van der Waals surface area contributed by atoms with Gasteiger partial charge in [-0.25, -0.2) is 4.79 Å². The second-order valence-corrected chi connectivity index (χ2v) is 4.50. The first-order valence-electron chi connectivity index (χ1n) is 6.21. The summed E-state index contributed by atoms with van der Waals surface area (Å²) in [5, 5.41) is 2.64. The Morgan fingerprint density at radius 2 is 2.05 bits per heavy atom. The quantitative estimate of drug-likeness (QED) is 0.618. The molecule has 0 aliphatic heterocycles. The first-order valence-corrected chi connectivity index (χ1v) is 6.84. The van der Waals surface area contributed by atoms with E-state index in [1.54, 1.807) is 6.07 Å². The molecule has 4 nitrogen and oxygen atoms in total. The highest BCUT2D eigenvalue weighted by molar-refractivity contribution is 7.80. The van der Waals surface area contributed by atoms with Crippen LogP contribution in [0.5, 0.6) is 0 Å². The molecule has 0 bridgehead atoms. The zero-order valence-corrected chi connectivity index (χ0v) is 12.1. The molecule has 1 rings (SSSR count). The number of amides is 1. The SMILES string of the molecule is CCCc1ccccc1C(=O)N[C@H](CS)C(=O)OC. The molecule has 1 N–H and O–H groups in total. The Morgan fingerprint density at radius 1 is 1.37 bits per heavy atom. The van der Waals surface area contributed by atoms with Gasteiger partial charge in [-0.2, -0.15) is 12.6 Å². The van der Waals surface area contributed by atoms with E-state index in [1.807, 2.05) is 18.2 Å². The molecule has 104 valence electrons. The van der Waals surface area contributed by atoms with Gasteiger partial charge in [-0.1, -0.05) is 31.5 Å². The molecule has 1 aromatic rings. The van der Waals surface area contributed by atoms with Gasteiger partial charge in [0.05, 0.1) is 7.11 Å². The maximum absolute atomic E-state index is 12.2. The van der Waals surface area contributed by atoms with Crippen molar-refractivity contribution < 1.29 is 14.3 Å². The van der Waals surface area contributed by atoms with E-state index in [0.29, 0.717) is 5.56 Å². The summed E-state index contributed by atoms with van der Waals surface area (Å²) >= 11 is 4.05. The lowest BCUT2D eigenvalue weighted by atomic mass is 10.0. The molecule has 0 saturated heterocycles. The van der Waals surface area contributed by atoms with Gasteiger partial charge in [-0.05, 0) is 18.1 Å². The van der Waals surface area contributed by atoms with Crippen molar-refractivity contribution in [3.8, 4) is 0 Å². The van der Waals surface area contributed by atoms with E-state index in [2.05, 4.69) is 29.6 Å². The molecule has 1 amide bonds. The summed E-state index contributed by atoms with van der Waals surface area (Å²) in [7, 11) is 1.29.